The SMILES string of the molecule is CC1(C)OB(c2c(Br)ccc(O)c2F)OC1(C)C. The lowest BCUT2D eigenvalue weighted by Crippen LogP contribution is -2.41. The van der Waals surface area contributed by atoms with Crippen LogP contribution in [0, 0.1) is 5.82 Å². The summed E-state index contributed by atoms with van der Waals surface area (Å²) in [6, 6.07) is 2.85. The minimum Gasteiger partial charge on any atom is -0.505 e. The highest BCUT2D eigenvalue weighted by atomic mass is 79.9. The molecule has 0 spiro atoms. The van der Waals surface area contributed by atoms with E-state index in [4.69, 9.17) is 9.31 Å². The monoisotopic (exact) mass is 316 g/mol. The van der Waals surface area contributed by atoms with Crippen LogP contribution in [0.5, 0.6) is 5.75 Å². The molecule has 0 atom stereocenters. The number of aromatic hydroxyl groups is 1. The van der Waals surface area contributed by atoms with Gasteiger partial charge in [0.05, 0.1) is 11.2 Å². The number of phenolic OH excluding ortho intramolecular Hbond substituents is 1. The number of hydrogen-bond acceptors (Lipinski definition) is 3. The van der Waals surface area contributed by atoms with E-state index in [1.54, 1.807) is 6.07 Å². The van der Waals surface area contributed by atoms with Gasteiger partial charge < -0.3 is 14.4 Å². The Kier molecular flexibility index (Phi) is 3.24. The van der Waals surface area contributed by atoms with Crippen LogP contribution in [0.2, 0.25) is 0 Å². The van der Waals surface area contributed by atoms with Gasteiger partial charge in [-0.25, -0.2) is 4.39 Å². The first kappa shape index (κ1) is 13.8. The molecule has 0 aromatic heterocycles. The van der Waals surface area contributed by atoms with Crippen molar-refractivity contribution >= 4 is 28.5 Å². The third kappa shape index (κ3) is 2.06. The molecule has 1 aromatic rings. The average molecular weight is 317 g/mol. The number of benzene rings is 1. The minimum absolute atomic E-state index is 0.189. The molecule has 1 heterocycles. The van der Waals surface area contributed by atoms with E-state index < -0.39 is 29.9 Å². The van der Waals surface area contributed by atoms with Crippen LogP contribution in [0.3, 0.4) is 0 Å². The summed E-state index contributed by atoms with van der Waals surface area (Å²) < 4.78 is 26.0. The Morgan fingerprint density at radius 1 is 1.17 bits per heavy atom. The molecular formula is C12H15BBrFO3. The predicted octanol–water partition coefficient (Wildman–Crippen LogP) is 2.59. The van der Waals surface area contributed by atoms with Crippen LogP contribution < -0.4 is 5.46 Å². The summed E-state index contributed by atoms with van der Waals surface area (Å²) in [6.45, 7) is 7.56. The molecule has 0 saturated carbocycles. The maximum Gasteiger partial charge on any atom is 0.499 e. The second-order valence-electron chi connectivity index (χ2n) is 5.38. The molecule has 98 valence electrons. The van der Waals surface area contributed by atoms with Gasteiger partial charge in [0, 0.05) is 9.94 Å². The molecule has 18 heavy (non-hydrogen) atoms. The van der Waals surface area contributed by atoms with Gasteiger partial charge in [-0.3, -0.25) is 0 Å². The molecule has 0 amide bonds. The van der Waals surface area contributed by atoms with E-state index in [2.05, 4.69) is 15.9 Å². The Hall–Kier alpha value is -0.585. The van der Waals surface area contributed by atoms with E-state index in [-0.39, 0.29) is 5.46 Å². The van der Waals surface area contributed by atoms with Crippen molar-refractivity contribution in [1.82, 2.24) is 0 Å². The Morgan fingerprint density at radius 3 is 2.17 bits per heavy atom. The summed E-state index contributed by atoms with van der Waals surface area (Å²) in [5, 5.41) is 9.44. The lowest BCUT2D eigenvalue weighted by Gasteiger charge is -2.32. The summed E-state index contributed by atoms with van der Waals surface area (Å²) in [5.74, 6) is -1.13. The van der Waals surface area contributed by atoms with Gasteiger partial charge in [-0.1, -0.05) is 15.9 Å². The molecule has 0 bridgehead atoms. The molecule has 1 fully saturated rings. The van der Waals surface area contributed by atoms with Crippen LogP contribution in [-0.4, -0.2) is 23.4 Å². The van der Waals surface area contributed by atoms with Crippen LogP contribution in [0.4, 0.5) is 4.39 Å². The van der Waals surface area contributed by atoms with Gasteiger partial charge in [0.2, 0.25) is 0 Å². The smallest absolute Gasteiger partial charge is 0.499 e. The highest BCUT2D eigenvalue weighted by molar-refractivity contribution is 9.10. The first-order valence-corrected chi connectivity index (χ1v) is 6.47. The van der Waals surface area contributed by atoms with Crippen molar-refractivity contribution in [2.75, 3.05) is 0 Å². The number of halogens is 2. The standard InChI is InChI=1S/C12H15BBrFO3/c1-11(2)12(3,4)18-13(17-11)9-7(14)5-6-8(16)10(9)15/h5-6,16H,1-4H3. The van der Waals surface area contributed by atoms with Crippen LogP contribution in [-0.2, 0) is 9.31 Å². The number of phenols is 1. The van der Waals surface area contributed by atoms with E-state index in [1.807, 2.05) is 27.7 Å². The van der Waals surface area contributed by atoms with Gasteiger partial charge in [0.1, 0.15) is 0 Å². The van der Waals surface area contributed by atoms with E-state index in [0.29, 0.717) is 4.47 Å². The number of rotatable bonds is 1. The van der Waals surface area contributed by atoms with Crippen molar-refractivity contribution in [2.45, 2.75) is 38.9 Å². The van der Waals surface area contributed by atoms with E-state index in [0.717, 1.165) is 0 Å². The average Bonchev–Trinajstić information content (AvgIpc) is 2.43. The molecule has 6 heteroatoms. The molecular weight excluding hydrogens is 302 g/mol. The summed E-state index contributed by atoms with van der Waals surface area (Å²) >= 11 is 3.26. The molecule has 0 aliphatic carbocycles. The summed E-state index contributed by atoms with van der Waals surface area (Å²) in [5.41, 5.74) is -0.905. The molecule has 0 unspecified atom stereocenters. The molecule has 1 aromatic carbocycles. The van der Waals surface area contributed by atoms with Gasteiger partial charge >= 0.3 is 7.12 Å². The fraction of sp³-hybridized carbons (Fsp3) is 0.500. The van der Waals surface area contributed by atoms with Crippen molar-refractivity contribution in [3.63, 3.8) is 0 Å². The van der Waals surface area contributed by atoms with Gasteiger partial charge in [0.25, 0.3) is 0 Å². The van der Waals surface area contributed by atoms with Gasteiger partial charge in [-0.15, -0.1) is 0 Å². The first-order valence-electron chi connectivity index (χ1n) is 5.68. The molecule has 1 aliphatic heterocycles. The van der Waals surface area contributed by atoms with Crippen molar-refractivity contribution in [2.24, 2.45) is 0 Å². The largest absolute Gasteiger partial charge is 0.505 e. The Bertz CT molecular complexity index is 474. The van der Waals surface area contributed by atoms with Crippen LogP contribution in [0.25, 0.3) is 0 Å². The van der Waals surface area contributed by atoms with Crippen molar-refractivity contribution in [1.29, 1.82) is 0 Å². The maximum absolute atomic E-state index is 14.0. The third-order valence-corrected chi connectivity index (χ3v) is 4.29. The predicted molar refractivity (Wildman–Crippen MR) is 71.5 cm³/mol. The lowest BCUT2D eigenvalue weighted by atomic mass is 9.78. The normalized spacial score (nSPS) is 21.3. The molecule has 2 rings (SSSR count). The van der Waals surface area contributed by atoms with E-state index >= 15 is 0 Å². The molecule has 3 nitrogen and oxygen atoms in total. The summed E-state index contributed by atoms with van der Waals surface area (Å²) in [4.78, 5) is 0. The van der Waals surface area contributed by atoms with Gasteiger partial charge in [-0.05, 0) is 39.8 Å². The van der Waals surface area contributed by atoms with Crippen molar-refractivity contribution in [3.8, 4) is 5.75 Å². The minimum atomic E-state index is -0.837. The van der Waals surface area contributed by atoms with Gasteiger partial charge in [0.15, 0.2) is 11.6 Å². The highest BCUT2D eigenvalue weighted by Crippen LogP contribution is 2.37. The first-order chi connectivity index (χ1) is 8.16. The Labute approximate surface area is 115 Å². The molecule has 1 saturated heterocycles. The quantitative estimate of drug-likeness (QED) is 0.809. The van der Waals surface area contributed by atoms with E-state index in [9.17, 15) is 9.50 Å². The molecule has 1 N–H and O–H groups in total. The number of hydrogen-bond donors (Lipinski definition) is 1. The van der Waals surface area contributed by atoms with Crippen LogP contribution in [0.1, 0.15) is 27.7 Å². The summed E-state index contributed by atoms with van der Waals surface area (Å²) in [7, 11) is -0.837. The van der Waals surface area contributed by atoms with Crippen LogP contribution >= 0.6 is 15.9 Å². The zero-order chi connectivity index (χ0) is 13.7. The third-order valence-electron chi connectivity index (χ3n) is 3.60. The summed E-state index contributed by atoms with van der Waals surface area (Å²) in [6.07, 6.45) is 0. The van der Waals surface area contributed by atoms with E-state index in [1.165, 1.54) is 6.07 Å². The van der Waals surface area contributed by atoms with Crippen molar-refractivity contribution < 1.29 is 18.8 Å². The second kappa shape index (κ2) is 4.22. The molecule has 0 radical (unpaired) electrons. The second-order valence-corrected chi connectivity index (χ2v) is 6.24. The fourth-order valence-electron chi connectivity index (χ4n) is 1.73. The highest BCUT2D eigenvalue weighted by Gasteiger charge is 2.53. The lowest BCUT2D eigenvalue weighted by molar-refractivity contribution is 0.00578. The van der Waals surface area contributed by atoms with Crippen LogP contribution in [0.15, 0.2) is 16.6 Å². The Balaban J connectivity index is 2.44. The molecule has 1 aliphatic rings. The zero-order valence-electron chi connectivity index (χ0n) is 10.8. The van der Waals surface area contributed by atoms with Gasteiger partial charge in [-0.2, -0.15) is 0 Å². The fourth-order valence-corrected chi connectivity index (χ4v) is 2.23. The van der Waals surface area contributed by atoms with Crippen molar-refractivity contribution in [3.05, 3.63) is 22.4 Å². The topological polar surface area (TPSA) is 38.7 Å². The maximum atomic E-state index is 14.0. The Morgan fingerprint density at radius 2 is 1.67 bits per heavy atom. The zero-order valence-corrected chi connectivity index (χ0v) is 12.3.